The van der Waals surface area contributed by atoms with Gasteiger partial charge in [-0.15, -0.1) is 5.10 Å². The quantitative estimate of drug-likeness (QED) is 0.803. The zero-order chi connectivity index (χ0) is 15.5. The summed E-state index contributed by atoms with van der Waals surface area (Å²) in [6, 6.07) is 15.9. The Kier molecular flexibility index (Phi) is 3.58. The Hall–Kier alpha value is -3.13. The van der Waals surface area contributed by atoms with Gasteiger partial charge in [0.2, 0.25) is 0 Å². The molecule has 0 fully saturated rings. The molecular weight excluding hydrogens is 276 g/mol. The van der Waals surface area contributed by atoms with Crippen molar-refractivity contribution in [1.29, 1.82) is 5.26 Å². The molecule has 5 nitrogen and oxygen atoms in total. The molecule has 2 aromatic carbocycles. The van der Waals surface area contributed by atoms with Crippen molar-refractivity contribution in [2.75, 3.05) is 7.11 Å². The number of methoxy groups -OCH3 is 1. The number of hydrogen-bond acceptors (Lipinski definition) is 4. The van der Waals surface area contributed by atoms with Crippen molar-refractivity contribution in [3.63, 3.8) is 0 Å². The molecule has 0 unspecified atom stereocenters. The van der Waals surface area contributed by atoms with E-state index in [9.17, 15) is 0 Å². The van der Waals surface area contributed by atoms with E-state index < -0.39 is 0 Å². The lowest BCUT2D eigenvalue weighted by atomic mass is 9.94. The molecule has 3 aromatic rings. The predicted octanol–water partition coefficient (Wildman–Crippen LogP) is 3.33. The summed E-state index contributed by atoms with van der Waals surface area (Å²) in [7, 11) is 1.65. The second kappa shape index (κ2) is 5.70. The molecule has 0 aliphatic rings. The van der Waals surface area contributed by atoms with Crippen LogP contribution in [0, 0.1) is 18.3 Å². The van der Waals surface area contributed by atoms with Crippen molar-refractivity contribution in [3.8, 4) is 34.2 Å². The van der Waals surface area contributed by atoms with Crippen LogP contribution in [0.2, 0.25) is 0 Å². The van der Waals surface area contributed by atoms with E-state index >= 15 is 0 Å². The maximum atomic E-state index is 9.14. The number of nitrogens with one attached hydrogen (secondary N) is 1. The Morgan fingerprint density at radius 3 is 2.68 bits per heavy atom. The zero-order valence-corrected chi connectivity index (χ0v) is 12.3. The molecule has 0 saturated carbocycles. The lowest BCUT2D eigenvalue weighted by Gasteiger charge is -2.11. The first-order valence-electron chi connectivity index (χ1n) is 6.80. The van der Waals surface area contributed by atoms with E-state index in [1.807, 2.05) is 49.4 Å². The summed E-state index contributed by atoms with van der Waals surface area (Å²) < 4.78 is 5.28. The molecule has 3 rings (SSSR count). The first-order valence-corrected chi connectivity index (χ1v) is 6.80. The average molecular weight is 290 g/mol. The Labute approximate surface area is 128 Å². The second-order valence-corrected chi connectivity index (χ2v) is 4.86. The van der Waals surface area contributed by atoms with E-state index in [-0.39, 0.29) is 0 Å². The molecular formula is C17H14N4O. The lowest BCUT2D eigenvalue weighted by Crippen LogP contribution is -1.91. The van der Waals surface area contributed by atoms with Crippen molar-refractivity contribution in [2.45, 2.75) is 6.92 Å². The van der Waals surface area contributed by atoms with E-state index in [1.165, 1.54) is 0 Å². The number of nitrogens with zero attached hydrogens (tertiary/aromatic N) is 3. The highest BCUT2D eigenvalue weighted by Gasteiger charge is 2.14. The van der Waals surface area contributed by atoms with Gasteiger partial charge in [0, 0.05) is 5.56 Å². The Morgan fingerprint density at radius 2 is 1.91 bits per heavy atom. The minimum atomic E-state index is 0.367. The fraction of sp³-hybridized carbons (Fsp3) is 0.118. The van der Waals surface area contributed by atoms with Crippen molar-refractivity contribution in [3.05, 3.63) is 53.7 Å². The number of H-pyrrole nitrogens is 1. The third-order valence-electron chi connectivity index (χ3n) is 3.63. The van der Waals surface area contributed by atoms with Gasteiger partial charge < -0.3 is 4.74 Å². The van der Waals surface area contributed by atoms with Crippen LogP contribution >= 0.6 is 0 Å². The summed E-state index contributed by atoms with van der Waals surface area (Å²) >= 11 is 0. The lowest BCUT2D eigenvalue weighted by molar-refractivity contribution is 0.415. The van der Waals surface area contributed by atoms with Crippen LogP contribution in [-0.2, 0) is 0 Å². The molecule has 5 heteroatoms. The molecule has 1 heterocycles. The van der Waals surface area contributed by atoms with Crippen molar-refractivity contribution >= 4 is 0 Å². The molecule has 22 heavy (non-hydrogen) atoms. The minimum absolute atomic E-state index is 0.367. The van der Waals surface area contributed by atoms with Gasteiger partial charge in [-0.2, -0.15) is 5.26 Å². The van der Waals surface area contributed by atoms with Gasteiger partial charge in [-0.1, -0.05) is 35.5 Å². The molecule has 0 aliphatic carbocycles. The SMILES string of the molecule is COc1cccc(-c2cccc(-c3nn[nH]c3C#N)c2C)c1. The summed E-state index contributed by atoms with van der Waals surface area (Å²) in [6.07, 6.45) is 0. The van der Waals surface area contributed by atoms with Crippen LogP contribution in [0.25, 0.3) is 22.4 Å². The Bertz CT molecular complexity index is 861. The summed E-state index contributed by atoms with van der Waals surface area (Å²) in [5.74, 6) is 0.807. The van der Waals surface area contributed by atoms with Crippen LogP contribution in [0.5, 0.6) is 5.75 Å². The van der Waals surface area contributed by atoms with Crippen LogP contribution in [0.3, 0.4) is 0 Å². The molecule has 0 amide bonds. The highest BCUT2D eigenvalue weighted by Crippen LogP contribution is 2.32. The standard InChI is InChI=1S/C17H14N4O/c1-11-14(12-5-3-6-13(9-12)22-2)7-4-8-15(11)17-16(10-18)19-21-20-17/h3-9H,1-2H3,(H,19,20,21). The van der Waals surface area contributed by atoms with E-state index in [0.717, 1.165) is 28.0 Å². The third-order valence-corrected chi connectivity index (χ3v) is 3.63. The number of aromatic nitrogens is 3. The molecule has 1 N–H and O–H groups in total. The smallest absolute Gasteiger partial charge is 0.163 e. The van der Waals surface area contributed by atoms with Crippen molar-refractivity contribution in [1.82, 2.24) is 15.4 Å². The number of aromatic amines is 1. The van der Waals surface area contributed by atoms with E-state index in [1.54, 1.807) is 7.11 Å². The first-order chi connectivity index (χ1) is 10.7. The topological polar surface area (TPSA) is 74.6 Å². The number of rotatable bonds is 3. The number of nitriles is 1. The summed E-state index contributed by atoms with van der Waals surface area (Å²) in [5, 5.41) is 19.5. The van der Waals surface area contributed by atoms with Gasteiger partial charge in [-0.3, -0.25) is 0 Å². The first kappa shape index (κ1) is 13.8. The van der Waals surface area contributed by atoms with Gasteiger partial charge >= 0.3 is 0 Å². The van der Waals surface area contributed by atoms with E-state index in [2.05, 4.69) is 21.5 Å². The van der Waals surface area contributed by atoms with Crippen molar-refractivity contribution < 1.29 is 4.74 Å². The molecule has 1 aromatic heterocycles. The van der Waals surface area contributed by atoms with Crippen LogP contribution in [0.1, 0.15) is 11.3 Å². The van der Waals surface area contributed by atoms with E-state index in [4.69, 9.17) is 10.00 Å². The van der Waals surface area contributed by atoms with Gasteiger partial charge in [0.05, 0.1) is 7.11 Å². The van der Waals surface area contributed by atoms with Crippen LogP contribution < -0.4 is 4.74 Å². The number of benzene rings is 2. The minimum Gasteiger partial charge on any atom is -0.497 e. The summed E-state index contributed by atoms with van der Waals surface area (Å²) in [5.41, 5.74) is 5.01. The Balaban J connectivity index is 2.16. The van der Waals surface area contributed by atoms with E-state index in [0.29, 0.717) is 11.4 Å². The molecule has 0 aliphatic heterocycles. The Morgan fingerprint density at radius 1 is 1.14 bits per heavy atom. The molecule has 0 atom stereocenters. The van der Waals surface area contributed by atoms with Crippen molar-refractivity contribution in [2.24, 2.45) is 0 Å². The fourth-order valence-electron chi connectivity index (χ4n) is 2.49. The second-order valence-electron chi connectivity index (χ2n) is 4.86. The maximum absolute atomic E-state index is 9.14. The predicted molar refractivity (Wildman–Crippen MR) is 83.3 cm³/mol. The highest BCUT2D eigenvalue weighted by molar-refractivity contribution is 5.78. The molecule has 0 saturated heterocycles. The van der Waals surface area contributed by atoms with Crippen LogP contribution in [-0.4, -0.2) is 22.5 Å². The van der Waals surface area contributed by atoms with Gasteiger partial charge in [0.1, 0.15) is 17.5 Å². The fourth-order valence-corrected chi connectivity index (χ4v) is 2.49. The number of hydrogen-bond donors (Lipinski definition) is 1. The molecule has 108 valence electrons. The highest BCUT2D eigenvalue weighted by atomic mass is 16.5. The van der Waals surface area contributed by atoms with Crippen LogP contribution in [0.4, 0.5) is 0 Å². The average Bonchev–Trinajstić information content (AvgIpc) is 3.03. The van der Waals surface area contributed by atoms with Gasteiger partial charge in [-0.25, -0.2) is 5.10 Å². The molecule has 0 radical (unpaired) electrons. The molecule has 0 bridgehead atoms. The largest absolute Gasteiger partial charge is 0.497 e. The number of ether oxygens (including phenoxy) is 1. The normalized spacial score (nSPS) is 10.2. The third kappa shape index (κ3) is 2.31. The maximum Gasteiger partial charge on any atom is 0.163 e. The zero-order valence-electron chi connectivity index (χ0n) is 12.3. The van der Waals surface area contributed by atoms with Gasteiger partial charge in [0.15, 0.2) is 5.69 Å². The monoisotopic (exact) mass is 290 g/mol. The van der Waals surface area contributed by atoms with Crippen LogP contribution in [0.15, 0.2) is 42.5 Å². The van der Waals surface area contributed by atoms with Gasteiger partial charge in [0.25, 0.3) is 0 Å². The summed E-state index contributed by atoms with van der Waals surface area (Å²) in [4.78, 5) is 0. The van der Waals surface area contributed by atoms with Gasteiger partial charge in [-0.05, 0) is 35.7 Å². The summed E-state index contributed by atoms with van der Waals surface area (Å²) in [6.45, 7) is 2.01. The molecule has 0 spiro atoms.